The molecule has 106 valence electrons. The summed E-state index contributed by atoms with van der Waals surface area (Å²) in [4.78, 5) is 25.7. The van der Waals surface area contributed by atoms with Crippen molar-refractivity contribution in [1.29, 1.82) is 0 Å². The largest absolute Gasteiger partial charge is 0.413 e. The first kappa shape index (κ1) is 13.7. The molecule has 1 unspecified atom stereocenters. The quantitative estimate of drug-likeness (QED) is 0.513. The van der Waals surface area contributed by atoms with Crippen molar-refractivity contribution < 1.29 is 14.8 Å². The highest BCUT2D eigenvalue weighted by molar-refractivity contribution is 5.14. The van der Waals surface area contributed by atoms with Crippen LogP contribution in [0.15, 0.2) is 11.0 Å². The third-order valence-corrected chi connectivity index (χ3v) is 3.00. The molecule has 1 saturated heterocycles. The summed E-state index contributed by atoms with van der Waals surface area (Å²) in [7, 11) is 0. The van der Waals surface area contributed by atoms with Crippen molar-refractivity contribution in [3.05, 3.63) is 26.8 Å². The Kier molecular flexibility index (Phi) is 4.30. The fourth-order valence-corrected chi connectivity index (χ4v) is 2.06. The maximum atomic E-state index is 11.4. The van der Waals surface area contributed by atoms with Gasteiger partial charge in [0.2, 0.25) is 0 Å². The Labute approximate surface area is 108 Å². The predicted molar refractivity (Wildman–Crippen MR) is 65.0 cm³/mol. The van der Waals surface area contributed by atoms with Gasteiger partial charge in [0.25, 0.3) is 0 Å². The van der Waals surface area contributed by atoms with Gasteiger partial charge in [-0.3, -0.25) is 9.88 Å². The van der Waals surface area contributed by atoms with Crippen LogP contribution < -0.4 is 5.69 Å². The van der Waals surface area contributed by atoms with Gasteiger partial charge in [-0.25, -0.2) is 4.79 Å². The lowest BCUT2D eigenvalue weighted by atomic mass is 10.3. The molecule has 0 amide bonds. The van der Waals surface area contributed by atoms with Gasteiger partial charge in [0.1, 0.15) is 18.8 Å². The van der Waals surface area contributed by atoms with Crippen molar-refractivity contribution in [2.24, 2.45) is 0 Å². The number of aliphatic hydroxyl groups is 1. The number of ether oxygens (including phenoxy) is 1. The number of hydrogen-bond donors (Lipinski definition) is 2. The van der Waals surface area contributed by atoms with Gasteiger partial charge in [-0.05, 0) is 4.92 Å². The average molecular weight is 272 g/mol. The monoisotopic (exact) mass is 272 g/mol. The number of H-pyrrole nitrogens is 1. The van der Waals surface area contributed by atoms with Crippen molar-refractivity contribution in [3.63, 3.8) is 0 Å². The summed E-state index contributed by atoms with van der Waals surface area (Å²) in [5.41, 5.74) is -0.590. The van der Waals surface area contributed by atoms with E-state index in [2.05, 4.69) is 4.98 Å². The van der Waals surface area contributed by atoms with E-state index >= 15 is 0 Å². The molecule has 2 heterocycles. The lowest BCUT2D eigenvalue weighted by molar-refractivity contribution is -0.392. The smallest absolute Gasteiger partial charge is 0.388 e. The van der Waals surface area contributed by atoms with E-state index in [-0.39, 0.29) is 12.4 Å². The van der Waals surface area contributed by atoms with E-state index in [0.29, 0.717) is 32.8 Å². The second-order valence-corrected chi connectivity index (χ2v) is 4.39. The molecule has 0 radical (unpaired) electrons. The molecule has 1 atom stereocenters. The molecule has 1 aromatic heterocycles. The maximum absolute atomic E-state index is 11.4. The van der Waals surface area contributed by atoms with Crippen LogP contribution in [-0.2, 0) is 11.3 Å². The Morgan fingerprint density at radius 1 is 1.47 bits per heavy atom. The third kappa shape index (κ3) is 3.40. The molecule has 1 aliphatic rings. The average Bonchev–Trinajstić information content (AvgIpc) is 2.72. The molecule has 2 rings (SSSR count). The fourth-order valence-electron chi connectivity index (χ4n) is 2.06. The van der Waals surface area contributed by atoms with Gasteiger partial charge in [0.15, 0.2) is 0 Å². The van der Waals surface area contributed by atoms with Crippen LogP contribution >= 0.6 is 0 Å². The number of aromatic amines is 1. The minimum absolute atomic E-state index is 0.101. The van der Waals surface area contributed by atoms with Crippen LogP contribution in [0.1, 0.15) is 0 Å². The first-order valence-corrected chi connectivity index (χ1v) is 5.98. The number of nitrogens with zero attached hydrogens (tertiary/aromatic N) is 3. The number of β-amino-alcohol motifs (C(OH)–C–C–N with tert-alkyl or cyclic N) is 1. The SMILES string of the molecule is O=c1[nH]cc([N+](=O)[O-])n1CC(O)CN1CCOCC1. The van der Waals surface area contributed by atoms with E-state index in [1.54, 1.807) is 0 Å². The number of aromatic nitrogens is 2. The number of hydrogen-bond acceptors (Lipinski definition) is 6. The van der Waals surface area contributed by atoms with E-state index in [1.807, 2.05) is 4.90 Å². The van der Waals surface area contributed by atoms with E-state index in [4.69, 9.17) is 4.74 Å². The van der Waals surface area contributed by atoms with E-state index in [9.17, 15) is 20.0 Å². The third-order valence-electron chi connectivity index (χ3n) is 3.00. The zero-order chi connectivity index (χ0) is 13.8. The molecule has 0 aromatic carbocycles. The van der Waals surface area contributed by atoms with Crippen molar-refractivity contribution in [3.8, 4) is 0 Å². The molecule has 19 heavy (non-hydrogen) atoms. The van der Waals surface area contributed by atoms with Gasteiger partial charge in [-0.1, -0.05) is 0 Å². The Balaban J connectivity index is 1.98. The van der Waals surface area contributed by atoms with Gasteiger partial charge < -0.3 is 20.0 Å². The zero-order valence-corrected chi connectivity index (χ0v) is 10.3. The summed E-state index contributed by atoms with van der Waals surface area (Å²) in [5.74, 6) is -0.342. The number of imidazole rings is 1. The molecule has 0 aliphatic carbocycles. The minimum atomic E-state index is -0.842. The molecule has 0 bridgehead atoms. The molecule has 1 fully saturated rings. The summed E-state index contributed by atoms with van der Waals surface area (Å²) >= 11 is 0. The van der Waals surface area contributed by atoms with Gasteiger partial charge >= 0.3 is 11.5 Å². The van der Waals surface area contributed by atoms with Gasteiger partial charge in [0.05, 0.1) is 13.2 Å². The number of aliphatic hydroxyl groups excluding tert-OH is 1. The molecule has 0 saturated carbocycles. The van der Waals surface area contributed by atoms with Crippen LogP contribution in [0.2, 0.25) is 0 Å². The lowest BCUT2D eigenvalue weighted by Crippen LogP contribution is -2.42. The van der Waals surface area contributed by atoms with Crippen LogP contribution in [0.4, 0.5) is 5.82 Å². The highest BCUT2D eigenvalue weighted by atomic mass is 16.6. The maximum Gasteiger partial charge on any atom is 0.413 e. The highest BCUT2D eigenvalue weighted by Crippen LogP contribution is 2.08. The predicted octanol–water partition coefficient (Wildman–Crippen LogP) is -1.22. The molecule has 2 N–H and O–H groups in total. The van der Waals surface area contributed by atoms with Crippen LogP contribution in [0, 0.1) is 10.1 Å². The number of nitrogens with one attached hydrogen (secondary N) is 1. The summed E-state index contributed by atoms with van der Waals surface area (Å²) in [5, 5.41) is 20.6. The summed E-state index contributed by atoms with van der Waals surface area (Å²) in [6, 6.07) is 0. The first-order valence-electron chi connectivity index (χ1n) is 5.98. The molecular weight excluding hydrogens is 256 g/mol. The topological polar surface area (TPSA) is 114 Å². The lowest BCUT2D eigenvalue weighted by Gasteiger charge is -2.27. The summed E-state index contributed by atoms with van der Waals surface area (Å²) in [6.45, 7) is 2.89. The van der Waals surface area contributed by atoms with Crippen molar-refractivity contribution in [2.75, 3.05) is 32.8 Å². The molecule has 1 aliphatic heterocycles. The number of morpholine rings is 1. The Bertz CT molecular complexity index is 490. The van der Waals surface area contributed by atoms with Gasteiger partial charge in [-0.2, -0.15) is 4.57 Å². The Morgan fingerprint density at radius 3 is 2.79 bits per heavy atom. The Hall–Kier alpha value is -1.71. The van der Waals surface area contributed by atoms with Crippen LogP contribution in [-0.4, -0.2) is 63.4 Å². The molecule has 0 spiro atoms. The molecule has 1 aromatic rings. The van der Waals surface area contributed by atoms with Crippen molar-refractivity contribution in [1.82, 2.24) is 14.5 Å². The van der Waals surface area contributed by atoms with E-state index < -0.39 is 16.7 Å². The van der Waals surface area contributed by atoms with Crippen molar-refractivity contribution >= 4 is 5.82 Å². The van der Waals surface area contributed by atoms with E-state index in [0.717, 1.165) is 10.8 Å². The van der Waals surface area contributed by atoms with Gasteiger partial charge in [-0.15, -0.1) is 0 Å². The van der Waals surface area contributed by atoms with Crippen LogP contribution in [0.25, 0.3) is 0 Å². The normalized spacial score (nSPS) is 18.4. The van der Waals surface area contributed by atoms with Crippen LogP contribution in [0.3, 0.4) is 0 Å². The number of nitro groups is 1. The molecule has 9 heteroatoms. The minimum Gasteiger partial charge on any atom is -0.388 e. The summed E-state index contributed by atoms with van der Waals surface area (Å²) < 4.78 is 6.12. The second-order valence-electron chi connectivity index (χ2n) is 4.39. The molecule has 9 nitrogen and oxygen atoms in total. The number of rotatable bonds is 5. The highest BCUT2D eigenvalue weighted by Gasteiger charge is 2.22. The Morgan fingerprint density at radius 2 is 2.16 bits per heavy atom. The molecular formula is C10H16N4O5. The first-order chi connectivity index (χ1) is 9.08. The standard InChI is InChI=1S/C10H16N4O5/c15-8(6-12-1-3-19-4-2-12)7-13-9(14(17)18)5-11-10(13)16/h5,8,15H,1-4,6-7H2,(H,11,16). The van der Waals surface area contributed by atoms with Crippen molar-refractivity contribution in [2.45, 2.75) is 12.6 Å². The zero-order valence-electron chi connectivity index (χ0n) is 10.3. The van der Waals surface area contributed by atoms with Gasteiger partial charge in [0, 0.05) is 19.6 Å². The second kappa shape index (κ2) is 5.95. The summed E-state index contributed by atoms with van der Waals surface area (Å²) in [6.07, 6.45) is 0.189. The fraction of sp³-hybridized carbons (Fsp3) is 0.700. The van der Waals surface area contributed by atoms with Crippen LogP contribution in [0.5, 0.6) is 0 Å². The van der Waals surface area contributed by atoms with E-state index in [1.165, 1.54) is 0 Å².